The van der Waals surface area contributed by atoms with Gasteiger partial charge in [-0.1, -0.05) is 13.3 Å². The molecule has 0 saturated heterocycles. The van der Waals surface area contributed by atoms with Gasteiger partial charge in [-0.3, -0.25) is 0 Å². The van der Waals surface area contributed by atoms with Gasteiger partial charge in [-0.15, -0.1) is 0 Å². The summed E-state index contributed by atoms with van der Waals surface area (Å²) in [6.07, 6.45) is 5.91. The summed E-state index contributed by atoms with van der Waals surface area (Å²) in [4.78, 5) is 0. The third-order valence-electron chi connectivity index (χ3n) is 4.88. The van der Waals surface area contributed by atoms with Crippen LogP contribution in [-0.2, 0) is 14.6 Å². The monoisotopic (exact) mass is 291 g/mol. The van der Waals surface area contributed by atoms with Gasteiger partial charge in [0.05, 0.1) is 10.9 Å². The first-order valence-corrected chi connectivity index (χ1v) is 9.15. The molecule has 1 aliphatic rings. The Labute approximate surface area is 118 Å². The molecule has 0 bridgehead atoms. The molecule has 0 radical (unpaired) electrons. The zero-order valence-corrected chi connectivity index (χ0v) is 13.7. The molecule has 0 aromatic carbocycles. The first-order chi connectivity index (χ1) is 8.78. The van der Waals surface area contributed by atoms with Crippen molar-refractivity contribution in [2.24, 2.45) is 5.92 Å². The van der Waals surface area contributed by atoms with Crippen molar-refractivity contribution in [2.75, 3.05) is 20.4 Å². The normalized spacial score (nSPS) is 29.7. The number of ether oxygens (including phenoxy) is 1. The Hall–Kier alpha value is -0.130. The van der Waals surface area contributed by atoms with E-state index in [1.165, 1.54) is 6.26 Å². The number of sulfone groups is 1. The Kier molecular flexibility index (Phi) is 5.83. The Balaban J connectivity index is 2.87. The van der Waals surface area contributed by atoms with Crippen LogP contribution in [0.15, 0.2) is 0 Å². The second-order valence-electron chi connectivity index (χ2n) is 6.01. The van der Waals surface area contributed by atoms with E-state index < -0.39 is 9.84 Å². The first kappa shape index (κ1) is 16.9. The number of likely N-dealkylation sites (N-methyl/N-ethyl adjacent to an activating group) is 1. The number of hydrogen-bond acceptors (Lipinski definition) is 4. The molecule has 1 saturated carbocycles. The van der Waals surface area contributed by atoms with Gasteiger partial charge in [0, 0.05) is 19.4 Å². The van der Waals surface area contributed by atoms with Gasteiger partial charge in [0.1, 0.15) is 9.84 Å². The van der Waals surface area contributed by atoms with Crippen molar-refractivity contribution in [2.45, 2.75) is 62.8 Å². The average molecular weight is 291 g/mol. The van der Waals surface area contributed by atoms with Crippen LogP contribution in [-0.4, -0.2) is 45.7 Å². The minimum atomic E-state index is -2.93. The number of rotatable bonds is 6. The molecular formula is C14H29NO3S. The smallest absolute Gasteiger partial charge is 0.150 e. The number of methoxy groups -OCH3 is 1. The summed E-state index contributed by atoms with van der Waals surface area (Å²) in [5, 5.41) is 3.19. The van der Waals surface area contributed by atoms with Gasteiger partial charge in [-0.05, 0) is 45.6 Å². The molecule has 5 heteroatoms. The van der Waals surface area contributed by atoms with E-state index in [0.717, 1.165) is 32.1 Å². The van der Waals surface area contributed by atoms with Gasteiger partial charge < -0.3 is 10.1 Å². The maximum Gasteiger partial charge on any atom is 0.150 e. The van der Waals surface area contributed by atoms with Crippen molar-refractivity contribution in [3.05, 3.63) is 0 Å². The van der Waals surface area contributed by atoms with E-state index >= 15 is 0 Å². The summed E-state index contributed by atoms with van der Waals surface area (Å²) in [5.74, 6) is 0.364. The second kappa shape index (κ2) is 6.55. The van der Waals surface area contributed by atoms with Gasteiger partial charge in [-0.2, -0.15) is 0 Å². The van der Waals surface area contributed by atoms with E-state index in [9.17, 15) is 8.42 Å². The van der Waals surface area contributed by atoms with Crippen molar-refractivity contribution in [3.63, 3.8) is 0 Å². The fraction of sp³-hybridized carbons (Fsp3) is 1.00. The highest BCUT2D eigenvalue weighted by Gasteiger charge is 2.40. The van der Waals surface area contributed by atoms with Crippen molar-refractivity contribution >= 4 is 9.84 Å². The van der Waals surface area contributed by atoms with Gasteiger partial charge in [0.25, 0.3) is 0 Å². The molecule has 4 atom stereocenters. The summed E-state index contributed by atoms with van der Waals surface area (Å²) < 4.78 is 29.3. The molecule has 1 N–H and O–H groups in total. The lowest BCUT2D eigenvalue weighted by molar-refractivity contribution is -0.0476. The van der Waals surface area contributed by atoms with E-state index in [1.807, 2.05) is 7.05 Å². The zero-order valence-electron chi connectivity index (χ0n) is 12.9. The molecule has 114 valence electrons. The van der Waals surface area contributed by atoms with E-state index in [-0.39, 0.29) is 16.9 Å². The fourth-order valence-corrected chi connectivity index (χ4v) is 4.60. The summed E-state index contributed by atoms with van der Waals surface area (Å²) >= 11 is 0. The predicted molar refractivity (Wildman–Crippen MR) is 79.1 cm³/mol. The first-order valence-electron chi connectivity index (χ1n) is 7.19. The SMILES string of the molecule is CCC(C)(OC)C(NC)C1CCCC(S(C)(=O)=O)C1. The molecule has 0 amide bonds. The van der Waals surface area contributed by atoms with Gasteiger partial charge in [-0.25, -0.2) is 8.42 Å². The van der Waals surface area contributed by atoms with E-state index in [4.69, 9.17) is 4.74 Å². The van der Waals surface area contributed by atoms with Gasteiger partial charge >= 0.3 is 0 Å². The van der Waals surface area contributed by atoms with Crippen LogP contribution in [0.4, 0.5) is 0 Å². The average Bonchev–Trinajstić information content (AvgIpc) is 2.38. The topological polar surface area (TPSA) is 55.4 Å². The zero-order chi connectivity index (χ0) is 14.7. The Morgan fingerprint density at radius 1 is 1.42 bits per heavy atom. The van der Waals surface area contributed by atoms with Crippen LogP contribution in [0.2, 0.25) is 0 Å². The van der Waals surface area contributed by atoms with Gasteiger partial charge in [0.15, 0.2) is 0 Å². The maximum atomic E-state index is 11.8. The van der Waals surface area contributed by atoms with Crippen LogP contribution in [0, 0.1) is 5.92 Å². The van der Waals surface area contributed by atoms with E-state index in [1.54, 1.807) is 7.11 Å². The van der Waals surface area contributed by atoms with Crippen LogP contribution in [0.25, 0.3) is 0 Å². The lowest BCUT2D eigenvalue weighted by Gasteiger charge is -2.43. The van der Waals surface area contributed by atoms with Crippen LogP contribution in [0.5, 0.6) is 0 Å². The van der Waals surface area contributed by atoms with Crippen molar-refractivity contribution in [3.8, 4) is 0 Å². The highest BCUT2D eigenvalue weighted by molar-refractivity contribution is 7.91. The van der Waals surface area contributed by atoms with Crippen molar-refractivity contribution in [1.82, 2.24) is 5.32 Å². The summed E-state index contributed by atoms with van der Waals surface area (Å²) in [6.45, 7) is 4.23. The molecular weight excluding hydrogens is 262 g/mol. The van der Waals surface area contributed by atoms with Crippen molar-refractivity contribution < 1.29 is 13.2 Å². The predicted octanol–water partition coefficient (Wildman–Crippen LogP) is 1.99. The highest BCUT2D eigenvalue weighted by atomic mass is 32.2. The lowest BCUT2D eigenvalue weighted by Crippen LogP contribution is -2.54. The quantitative estimate of drug-likeness (QED) is 0.813. The Morgan fingerprint density at radius 3 is 2.47 bits per heavy atom. The highest BCUT2D eigenvalue weighted by Crippen LogP contribution is 2.36. The number of hydrogen-bond donors (Lipinski definition) is 1. The number of nitrogens with one attached hydrogen (secondary N) is 1. The summed E-state index contributed by atoms with van der Waals surface area (Å²) in [5.41, 5.74) is -0.237. The van der Waals surface area contributed by atoms with Crippen LogP contribution in [0.3, 0.4) is 0 Å². The molecule has 19 heavy (non-hydrogen) atoms. The lowest BCUT2D eigenvalue weighted by atomic mass is 9.76. The van der Waals surface area contributed by atoms with Crippen LogP contribution in [0.1, 0.15) is 46.0 Å². The molecule has 1 aliphatic carbocycles. The third-order valence-corrected chi connectivity index (χ3v) is 6.52. The molecule has 0 heterocycles. The van der Waals surface area contributed by atoms with Crippen LogP contribution >= 0.6 is 0 Å². The second-order valence-corrected chi connectivity index (χ2v) is 8.34. The van der Waals surface area contributed by atoms with Gasteiger partial charge in [0.2, 0.25) is 0 Å². The largest absolute Gasteiger partial charge is 0.377 e. The molecule has 0 aliphatic heterocycles. The Bertz CT molecular complexity index is 376. The standard InChI is InChI=1S/C14H29NO3S/c1-6-14(2,18-4)13(15-3)11-8-7-9-12(10-11)19(5,16)17/h11-13,15H,6-10H2,1-5H3. The molecule has 0 spiro atoms. The summed E-state index contributed by atoms with van der Waals surface area (Å²) in [6, 6.07) is 0.201. The minimum Gasteiger partial charge on any atom is -0.377 e. The molecule has 0 aromatic heterocycles. The molecule has 4 nitrogen and oxygen atoms in total. The molecule has 1 fully saturated rings. The molecule has 0 aromatic rings. The minimum absolute atomic E-state index is 0.180. The molecule has 1 rings (SSSR count). The van der Waals surface area contributed by atoms with Crippen LogP contribution < -0.4 is 5.32 Å². The fourth-order valence-electron chi connectivity index (χ4n) is 3.40. The summed E-state index contributed by atoms with van der Waals surface area (Å²) in [7, 11) is 0.759. The Morgan fingerprint density at radius 2 is 2.05 bits per heavy atom. The van der Waals surface area contributed by atoms with E-state index in [0.29, 0.717) is 5.92 Å². The molecule has 4 unspecified atom stereocenters. The maximum absolute atomic E-state index is 11.8. The van der Waals surface area contributed by atoms with Crippen molar-refractivity contribution in [1.29, 1.82) is 0 Å². The third kappa shape index (κ3) is 3.92. The van der Waals surface area contributed by atoms with E-state index in [2.05, 4.69) is 19.2 Å².